The van der Waals surface area contributed by atoms with Gasteiger partial charge in [-0.3, -0.25) is 0 Å². The van der Waals surface area contributed by atoms with Crippen molar-refractivity contribution in [2.24, 2.45) is 16.5 Å². The molecule has 118 valence electrons. The van der Waals surface area contributed by atoms with Crippen molar-refractivity contribution in [3.8, 4) is 0 Å². The summed E-state index contributed by atoms with van der Waals surface area (Å²) >= 11 is 0. The molecule has 4 nitrogen and oxygen atoms in total. The maximum Gasteiger partial charge on any atom is 0.128 e. The van der Waals surface area contributed by atoms with Gasteiger partial charge in [0.2, 0.25) is 0 Å². The van der Waals surface area contributed by atoms with Crippen LogP contribution in [0.4, 0.5) is 0 Å². The van der Waals surface area contributed by atoms with Crippen molar-refractivity contribution in [2.75, 3.05) is 6.54 Å². The molecule has 2 N–H and O–H groups in total. The van der Waals surface area contributed by atoms with E-state index in [2.05, 4.69) is 52.0 Å². The number of nitrogens with one attached hydrogen (secondary N) is 1. The van der Waals surface area contributed by atoms with Gasteiger partial charge in [0.15, 0.2) is 0 Å². The van der Waals surface area contributed by atoms with E-state index in [9.17, 15) is 5.11 Å². The summed E-state index contributed by atoms with van der Waals surface area (Å²) in [5, 5.41) is 17.0. The Morgan fingerprint density at radius 2 is 2.05 bits per heavy atom. The number of nitrogens with zero attached hydrogens (tertiary/aromatic N) is 1. The highest BCUT2D eigenvalue weighted by Crippen LogP contribution is 2.39. The van der Waals surface area contributed by atoms with Crippen molar-refractivity contribution in [1.82, 2.24) is 5.32 Å². The minimum atomic E-state index is -0.608. The second-order valence-electron chi connectivity index (χ2n) is 8.09. The summed E-state index contributed by atoms with van der Waals surface area (Å²) in [6, 6.07) is 0. The smallest absolute Gasteiger partial charge is 0.128 e. The zero-order valence-corrected chi connectivity index (χ0v) is 13.9. The summed E-state index contributed by atoms with van der Waals surface area (Å²) in [6.07, 6.45) is 4.39. The number of hydrogen-bond acceptors (Lipinski definition) is 4. The highest BCUT2D eigenvalue weighted by atomic mass is 16.6. The molecule has 3 unspecified atom stereocenters. The van der Waals surface area contributed by atoms with Gasteiger partial charge in [-0.15, -0.1) is 0 Å². The van der Waals surface area contributed by atoms with Gasteiger partial charge in [-0.05, 0) is 51.4 Å². The molecule has 20 heavy (non-hydrogen) atoms. The highest BCUT2D eigenvalue weighted by molar-refractivity contribution is 5.62. The lowest BCUT2D eigenvalue weighted by Gasteiger charge is -2.37. The number of aliphatic hydroxyl groups excluding tert-OH is 1. The van der Waals surface area contributed by atoms with Crippen molar-refractivity contribution in [1.29, 1.82) is 0 Å². The summed E-state index contributed by atoms with van der Waals surface area (Å²) in [7, 11) is 0. The van der Waals surface area contributed by atoms with Gasteiger partial charge in [0.05, 0.1) is 6.21 Å². The number of rotatable bonds is 5. The van der Waals surface area contributed by atoms with Gasteiger partial charge in [0.25, 0.3) is 0 Å². The molecule has 0 aromatic heterocycles. The molecule has 1 saturated carbocycles. The average molecular weight is 284 g/mol. The van der Waals surface area contributed by atoms with E-state index < -0.39 is 6.10 Å². The summed E-state index contributed by atoms with van der Waals surface area (Å²) in [5.74, 6) is 0.673. The van der Waals surface area contributed by atoms with Gasteiger partial charge < -0.3 is 15.3 Å². The molecular formula is C16H32N2O2. The van der Waals surface area contributed by atoms with Crippen LogP contribution in [0.3, 0.4) is 0 Å². The molecule has 3 atom stereocenters. The van der Waals surface area contributed by atoms with Crippen molar-refractivity contribution in [2.45, 2.75) is 78.6 Å². The Morgan fingerprint density at radius 3 is 2.60 bits per heavy atom. The second kappa shape index (κ2) is 6.90. The van der Waals surface area contributed by atoms with E-state index in [-0.39, 0.29) is 11.6 Å². The molecule has 0 aromatic rings. The van der Waals surface area contributed by atoms with Gasteiger partial charge in [-0.2, -0.15) is 0 Å². The van der Waals surface area contributed by atoms with Crippen LogP contribution < -0.4 is 5.32 Å². The Balaban J connectivity index is 2.33. The Kier molecular flexibility index (Phi) is 6.02. The van der Waals surface area contributed by atoms with E-state index in [0.717, 1.165) is 12.8 Å². The van der Waals surface area contributed by atoms with Crippen LogP contribution in [0.5, 0.6) is 0 Å². The lowest BCUT2D eigenvalue weighted by molar-refractivity contribution is -0.0208. The molecule has 1 fully saturated rings. The minimum absolute atomic E-state index is 0.00149. The lowest BCUT2D eigenvalue weighted by atomic mass is 9.71. The monoisotopic (exact) mass is 284 g/mol. The molecule has 1 aliphatic carbocycles. The Labute approximate surface area is 124 Å². The Bertz CT molecular complexity index is 321. The van der Waals surface area contributed by atoms with E-state index in [1.165, 1.54) is 12.6 Å². The molecule has 0 amide bonds. The largest absolute Gasteiger partial charge is 0.393 e. The molecule has 0 spiro atoms. The van der Waals surface area contributed by atoms with E-state index in [4.69, 9.17) is 4.84 Å². The summed E-state index contributed by atoms with van der Waals surface area (Å²) in [5.41, 5.74) is 0.322. The van der Waals surface area contributed by atoms with Crippen LogP contribution in [0, 0.1) is 11.3 Å². The first-order valence-corrected chi connectivity index (χ1v) is 7.70. The predicted molar refractivity (Wildman–Crippen MR) is 83.9 cm³/mol. The Hall–Kier alpha value is -0.610. The van der Waals surface area contributed by atoms with Crippen molar-refractivity contribution >= 4 is 6.21 Å². The number of β-amino-alcohol motifs (C(OH)–C–C–N with tert-alkyl or cyclic N) is 1. The normalized spacial score (nSPS) is 28.6. The molecule has 0 heterocycles. The van der Waals surface area contributed by atoms with Crippen LogP contribution in [0.1, 0.15) is 60.8 Å². The topological polar surface area (TPSA) is 53.9 Å². The first kappa shape index (κ1) is 17.4. The quantitative estimate of drug-likeness (QED) is 0.603. The third kappa shape index (κ3) is 7.25. The maximum atomic E-state index is 9.80. The Morgan fingerprint density at radius 1 is 1.40 bits per heavy atom. The van der Waals surface area contributed by atoms with Gasteiger partial charge in [0, 0.05) is 12.1 Å². The highest BCUT2D eigenvalue weighted by Gasteiger charge is 2.33. The summed E-state index contributed by atoms with van der Waals surface area (Å²) in [4.78, 5) is 5.57. The average Bonchev–Trinajstić information content (AvgIpc) is 2.22. The fourth-order valence-electron chi connectivity index (χ4n) is 2.99. The van der Waals surface area contributed by atoms with Crippen LogP contribution in [0.2, 0.25) is 0 Å². The van der Waals surface area contributed by atoms with Crippen LogP contribution in [0.15, 0.2) is 5.16 Å². The summed E-state index contributed by atoms with van der Waals surface area (Å²) in [6.45, 7) is 13.5. The third-order valence-electron chi connectivity index (χ3n) is 3.63. The standard InChI is InChI=1S/C16H32N2O2/c1-12-7-14(9-16(5,6)8-12)20-18-11-13(19)10-17-15(2,3)4/h11-14,17,19H,7-10H2,1-6H3. The van der Waals surface area contributed by atoms with Crippen LogP contribution in [0.25, 0.3) is 0 Å². The molecule has 0 saturated heterocycles. The second-order valence-corrected chi connectivity index (χ2v) is 8.09. The lowest BCUT2D eigenvalue weighted by Crippen LogP contribution is -2.41. The van der Waals surface area contributed by atoms with Crippen molar-refractivity contribution in [3.05, 3.63) is 0 Å². The first-order valence-electron chi connectivity index (χ1n) is 7.70. The fourth-order valence-corrected chi connectivity index (χ4v) is 2.99. The molecule has 0 aliphatic heterocycles. The molecule has 4 heteroatoms. The molecule has 0 aromatic carbocycles. The van der Waals surface area contributed by atoms with Gasteiger partial charge in [0.1, 0.15) is 12.2 Å². The summed E-state index contributed by atoms with van der Waals surface area (Å²) < 4.78 is 0. The molecule has 0 bridgehead atoms. The van der Waals surface area contributed by atoms with Gasteiger partial charge >= 0.3 is 0 Å². The SMILES string of the molecule is CC1CC(ON=CC(O)CNC(C)(C)C)CC(C)(C)C1. The maximum absolute atomic E-state index is 9.80. The zero-order valence-electron chi connectivity index (χ0n) is 13.9. The van der Waals surface area contributed by atoms with Gasteiger partial charge in [-0.25, -0.2) is 0 Å². The number of oxime groups is 1. The van der Waals surface area contributed by atoms with Crippen molar-refractivity contribution in [3.63, 3.8) is 0 Å². The molecule has 1 rings (SSSR count). The minimum Gasteiger partial charge on any atom is -0.393 e. The van der Waals surface area contributed by atoms with E-state index in [0.29, 0.717) is 17.9 Å². The van der Waals surface area contributed by atoms with Crippen LogP contribution in [-0.4, -0.2) is 35.6 Å². The first-order chi connectivity index (χ1) is 9.07. The van der Waals surface area contributed by atoms with Gasteiger partial charge in [-0.1, -0.05) is 25.9 Å². The van der Waals surface area contributed by atoms with E-state index in [1.807, 2.05) is 0 Å². The number of aliphatic hydroxyl groups is 1. The fraction of sp³-hybridized carbons (Fsp3) is 0.938. The van der Waals surface area contributed by atoms with Crippen molar-refractivity contribution < 1.29 is 9.94 Å². The molecule has 1 aliphatic rings. The zero-order chi connectivity index (χ0) is 15.4. The van der Waals surface area contributed by atoms with Crippen LogP contribution in [-0.2, 0) is 4.84 Å². The van der Waals surface area contributed by atoms with E-state index in [1.54, 1.807) is 0 Å². The molecule has 0 radical (unpaired) electrons. The number of hydrogen-bond donors (Lipinski definition) is 2. The molecular weight excluding hydrogens is 252 g/mol. The third-order valence-corrected chi connectivity index (χ3v) is 3.63. The van der Waals surface area contributed by atoms with E-state index >= 15 is 0 Å². The predicted octanol–water partition coefficient (Wildman–Crippen LogP) is 2.95. The van der Waals surface area contributed by atoms with Crippen LogP contribution >= 0.6 is 0 Å².